The molecule has 3 nitrogen and oxygen atoms in total. The first kappa shape index (κ1) is 15.6. The van der Waals surface area contributed by atoms with Crippen LogP contribution in [-0.4, -0.2) is 37.9 Å². The van der Waals surface area contributed by atoms with Gasteiger partial charge >= 0.3 is 0 Å². The van der Waals surface area contributed by atoms with Gasteiger partial charge in [0, 0.05) is 23.1 Å². The fourth-order valence-corrected chi connectivity index (χ4v) is 3.23. The van der Waals surface area contributed by atoms with E-state index in [1.54, 1.807) is 19.2 Å². The first-order valence-electron chi connectivity index (χ1n) is 7.02. The number of methoxy groups -OCH3 is 1. The summed E-state index contributed by atoms with van der Waals surface area (Å²) in [4.78, 5) is 0. The van der Waals surface area contributed by atoms with E-state index in [0.717, 1.165) is 31.1 Å². The second-order valence-electron chi connectivity index (χ2n) is 4.80. The highest BCUT2D eigenvalue weighted by Crippen LogP contribution is 2.29. The lowest BCUT2D eigenvalue weighted by Crippen LogP contribution is -2.39. The van der Waals surface area contributed by atoms with Crippen molar-refractivity contribution in [2.45, 2.75) is 25.5 Å². The molecule has 20 heavy (non-hydrogen) atoms. The normalized spacial score (nSPS) is 20.6. The Bertz CT molecular complexity index is 424. The van der Waals surface area contributed by atoms with Crippen molar-refractivity contribution >= 4 is 11.8 Å². The molecule has 0 aliphatic carbocycles. The zero-order valence-electron chi connectivity index (χ0n) is 12.0. The van der Waals surface area contributed by atoms with Crippen LogP contribution in [-0.2, 0) is 4.74 Å². The summed E-state index contributed by atoms with van der Waals surface area (Å²) in [6.45, 7) is 3.68. The summed E-state index contributed by atoms with van der Waals surface area (Å²) in [6, 6.07) is 4.93. The Morgan fingerprint density at radius 2 is 2.40 bits per heavy atom. The quantitative estimate of drug-likeness (QED) is 0.875. The van der Waals surface area contributed by atoms with Gasteiger partial charge < -0.3 is 14.8 Å². The zero-order chi connectivity index (χ0) is 14.4. The Balaban J connectivity index is 2.20. The van der Waals surface area contributed by atoms with E-state index < -0.39 is 0 Å². The SMILES string of the molecule is CCCNC(c1ccc(OC)cc1F)C1CSCCO1. The molecule has 0 saturated carbocycles. The van der Waals surface area contributed by atoms with Crippen LogP contribution >= 0.6 is 11.8 Å². The molecule has 112 valence electrons. The van der Waals surface area contributed by atoms with Gasteiger partial charge in [-0.15, -0.1) is 0 Å². The smallest absolute Gasteiger partial charge is 0.131 e. The summed E-state index contributed by atoms with van der Waals surface area (Å²) in [7, 11) is 1.54. The summed E-state index contributed by atoms with van der Waals surface area (Å²) in [6.07, 6.45) is 1.02. The first-order valence-corrected chi connectivity index (χ1v) is 8.18. The average Bonchev–Trinajstić information content (AvgIpc) is 2.50. The molecule has 2 rings (SSSR count). The standard InChI is InChI=1S/C15H22FNO2S/c1-3-6-17-15(14-10-20-8-7-19-14)12-5-4-11(18-2)9-13(12)16/h4-5,9,14-15,17H,3,6-8,10H2,1-2H3. The molecule has 2 atom stereocenters. The molecule has 1 aromatic carbocycles. The van der Waals surface area contributed by atoms with Gasteiger partial charge in [-0.05, 0) is 19.0 Å². The van der Waals surface area contributed by atoms with Crippen molar-refractivity contribution in [2.75, 3.05) is 31.8 Å². The molecule has 1 aromatic rings. The van der Waals surface area contributed by atoms with Gasteiger partial charge in [-0.3, -0.25) is 0 Å². The summed E-state index contributed by atoms with van der Waals surface area (Å²) < 4.78 is 25.2. The molecule has 0 aromatic heterocycles. The minimum Gasteiger partial charge on any atom is -0.497 e. The van der Waals surface area contributed by atoms with Crippen molar-refractivity contribution in [3.05, 3.63) is 29.6 Å². The number of nitrogens with one attached hydrogen (secondary N) is 1. The summed E-state index contributed by atoms with van der Waals surface area (Å²) >= 11 is 1.86. The van der Waals surface area contributed by atoms with Crippen LogP contribution in [0.3, 0.4) is 0 Å². The van der Waals surface area contributed by atoms with Crippen molar-refractivity contribution in [2.24, 2.45) is 0 Å². The lowest BCUT2D eigenvalue weighted by Gasteiger charge is -2.31. The number of thioether (sulfide) groups is 1. The van der Waals surface area contributed by atoms with Crippen LogP contribution in [0.1, 0.15) is 24.9 Å². The number of rotatable bonds is 6. The molecule has 2 unspecified atom stereocenters. The van der Waals surface area contributed by atoms with Gasteiger partial charge in [0.25, 0.3) is 0 Å². The molecule has 1 N–H and O–H groups in total. The van der Waals surface area contributed by atoms with Crippen LogP contribution in [0.5, 0.6) is 5.75 Å². The highest BCUT2D eigenvalue weighted by Gasteiger charge is 2.28. The maximum atomic E-state index is 14.3. The molecule has 0 radical (unpaired) electrons. The largest absolute Gasteiger partial charge is 0.497 e. The van der Waals surface area contributed by atoms with Crippen molar-refractivity contribution in [1.82, 2.24) is 5.32 Å². The fraction of sp³-hybridized carbons (Fsp3) is 0.600. The molecule has 1 heterocycles. The van der Waals surface area contributed by atoms with Crippen LogP contribution in [0, 0.1) is 5.82 Å². The Hall–Kier alpha value is -0.780. The Morgan fingerprint density at radius 1 is 1.55 bits per heavy atom. The van der Waals surface area contributed by atoms with E-state index >= 15 is 0 Å². The van der Waals surface area contributed by atoms with Crippen LogP contribution in [0.25, 0.3) is 0 Å². The van der Waals surface area contributed by atoms with Gasteiger partial charge in [0.1, 0.15) is 11.6 Å². The van der Waals surface area contributed by atoms with Gasteiger partial charge in [0.15, 0.2) is 0 Å². The van der Waals surface area contributed by atoms with Crippen LogP contribution in [0.15, 0.2) is 18.2 Å². The molecule has 0 bridgehead atoms. The topological polar surface area (TPSA) is 30.5 Å². The van der Waals surface area contributed by atoms with E-state index in [2.05, 4.69) is 12.2 Å². The molecule has 1 aliphatic heterocycles. The molecule has 1 saturated heterocycles. The van der Waals surface area contributed by atoms with E-state index in [-0.39, 0.29) is 18.0 Å². The van der Waals surface area contributed by atoms with E-state index in [1.807, 2.05) is 11.8 Å². The highest BCUT2D eigenvalue weighted by atomic mass is 32.2. The van der Waals surface area contributed by atoms with Gasteiger partial charge in [-0.25, -0.2) is 4.39 Å². The maximum Gasteiger partial charge on any atom is 0.131 e. The van der Waals surface area contributed by atoms with E-state index in [9.17, 15) is 4.39 Å². The number of ether oxygens (including phenoxy) is 2. The minimum absolute atomic E-state index is 0.0168. The molecular weight excluding hydrogens is 277 g/mol. The molecule has 5 heteroatoms. The van der Waals surface area contributed by atoms with Crippen molar-refractivity contribution in [3.63, 3.8) is 0 Å². The molecule has 1 fully saturated rings. The van der Waals surface area contributed by atoms with Gasteiger partial charge in [-0.2, -0.15) is 11.8 Å². The predicted octanol–water partition coefficient (Wildman–Crippen LogP) is 3.01. The summed E-state index contributed by atoms with van der Waals surface area (Å²) in [5.74, 6) is 2.21. The van der Waals surface area contributed by atoms with Gasteiger partial charge in [-0.1, -0.05) is 13.0 Å². The lowest BCUT2D eigenvalue weighted by molar-refractivity contribution is 0.0458. The maximum absolute atomic E-state index is 14.3. The highest BCUT2D eigenvalue weighted by molar-refractivity contribution is 7.99. The number of hydrogen-bond donors (Lipinski definition) is 1. The van der Waals surface area contributed by atoms with E-state index in [1.165, 1.54) is 6.07 Å². The molecular formula is C15H22FNO2S. The third kappa shape index (κ3) is 3.87. The average molecular weight is 299 g/mol. The Kier molecular flexibility index (Phi) is 6.13. The van der Waals surface area contributed by atoms with Crippen molar-refractivity contribution < 1.29 is 13.9 Å². The third-order valence-corrected chi connectivity index (χ3v) is 4.39. The summed E-state index contributed by atoms with van der Waals surface area (Å²) in [5.41, 5.74) is 0.659. The Morgan fingerprint density at radius 3 is 3.00 bits per heavy atom. The molecule has 0 spiro atoms. The van der Waals surface area contributed by atoms with Crippen LogP contribution in [0.2, 0.25) is 0 Å². The lowest BCUT2D eigenvalue weighted by atomic mass is 10.0. The molecule has 0 amide bonds. The first-order chi connectivity index (χ1) is 9.76. The number of benzene rings is 1. The monoisotopic (exact) mass is 299 g/mol. The Labute approximate surface area is 124 Å². The number of halogens is 1. The van der Waals surface area contributed by atoms with E-state index in [0.29, 0.717) is 11.3 Å². The second-order valence-corrected chi connectivity index (χ2v) is 5.95. The number of hydrogen-bond acceptors (Lipinski definition) is 4. The fourth-order valence-electron chi connectivity index (χ4n) is 2.33. The predicted molar refractivity (Wildman–Crippen MR) is 81.1 cm³/mol. The minimum atomic E-state index is -0.239. The second kappa shape index (κ2) is 7.86. The third-order valence-electron chi connectivity index (χ3n) is 3.37. The van der Waals surface area contributed by atoms with E-state index in [4.69, 9.17) is 9.47 Å². The van der Waals surface area contributed by atoms with Crippen molar-refractivity contribution in [1.29, 1.82) is 0 Å². The molecule has 1 aliphatic rings. The van der Waals surface area contributed by atoms with Crippen molar-refractivity contribution in [3.8, 4) is 5.75 Å². The van der Waals surface area contributed by atoms with Gasteiger partial charge in [0.05, 0.1) is 25.9 Å². The zero-order valence-corrected chi connectivity index (χ0v) is 12.8. The van der Waals surface area contributed by atoms with Crippen LogP contribution < -0.4 is 10.1 Å². The van der Waals surface area contributed by atoms with Crippen LogP contribution in [0.4, 0.5) is 4.39 Å². The summed E-state index contributed by atoms with van der Waals surface area (Å²) in [5, 5.41) is 3.41. The van der Waals surface area contributed by atoms with Gasteiger partial charge in [0.2, 0.25) is 0 Å².